The van der Waals surface area contributed by atoms with Crippen LogP contribution in [0.25, 0.3) is 0 Å². The van der Waals surface area contributed by atoms with Crippen LogP contribution in [0.3, 0.4) is 0 Å². The largest absolute Gasteiger partial charge is 0.330 e. The molecule has 0 heterocycles. The van der Waals surface area contributed by atoms with Crippen LogP contribution in [0.1, 0.15) is 32.6 Å². The zero-order valence-corrected chi connectivity index (χ0v) is 8.09. The molecular formula is C8H16ClF2N. The summed E-state index contributed by atoms with van der Waals surface area (Å²) >= 11 is 0. The van der Waals surface area contributed by atoms with Crippen LogP contribution in [0.5, 0.6) is 0 Å². The first-order valence-electron chi connectivity index (χ1n) is 4.10. The highest BCUT2D eigenvalue weighted by Crippen LogP contribution is 2.46. The second-order valence-corrected chi connectivity index (χ2v) is 3.68. The van der Waals surface area contributed by atoms with E-state index in [0.29, 0.717) is 12.8 Å². The van der Waals surface area contributed by atoms with Crippen molar-refractivity contribution in [2.24, 2.45) is 11.1 Å². The van der Waals surface area contributed by atoms with E-state index < -0.39 is 11.3 Å². The van der Waals surface area contributed by atoms with Crippen LogP contribution in [-0.2, 0) is 0 Å². The van der Waals surface area contributed by atoms with Gasteiger partial charge in [-0.3, -0.25) is 0 Å². The first kappa shape index (κ1) is 12.1. The maximum Gasteiger partial charge on any atom is 0.254 e. The van der Waals surface area contributed by atoms with E-state index in [9.17, 15) is 8.78 Å². The Morgan fingerprint density at radius 3 is 2.08 bits per heavy atom. The van der Waals surface area contributed by atoms with Crippen molar-refractivity contribution < 1.29 is 8.78 Å². The topological polar surface area (TPSA) is 26.0 Å². The smallest absolute Gasteiger partial charge is 0.254 e. The van der Waals surface area contributed by atoms with Gasteiger partial charge in [0.2, 0.25) is 0 Å². The highest BCUT2D eigenvalue weighted by atomic mass is 35.5. The molecule has 0 spiro atoms. The highest BCUT2D eigenvalue weighted by Gasteiger charge is 2.50. The molecule has 2 N–H and O–H groups in total. The van der Waals surface area contributed by atoms with E-state index in [1.807, 2.05) is 0 Å². The average molecular weight is 200 g/mol. The van der Waals surface area contributed by atoms with Gasteiger partial charge in [-0.05, 0) is 12.8 Å². The molecule has 0 amide bonds. The van der Waals surface area contributed by atoms with E-state index >= 15 is 0 Å². The molecule has 0 bridgehead atoms. The van der Waals surface area contributed by atoms with Crippen LogP contribution in [0.15, 0.2) is 0 Å². The normalized spacial score (nSPS) is 34.0. The van der Waals surface area contributed by atoms with Crippen molar-refractivity contribution in [2.45, 2.75) is 38.5 Å². The third-order valence-electron chi connectivity index (χ3n) is 2.80. The maximum atomic E-state index is 13.2. The van der Waals surface area contributed by atoms with Crippen molar-refractivity contribution >= 4 is 12.4 Å². The Balaban J connectivity index is 0.00000121. The van der Waals surface area contributed by atoms with Crippen LogP contribution in [0.2, 0.25) is 0 Å². The van der Waals surface area contributed by atoms with E-state index in [1.54, 1.807) is 6.92 Å². The summed E-state index contributed by atoms with van der Waals surface area (Å²) in [6, 6.07) is 0. The fraction of sp³-hybridized carbons (Fsp3) is 1.00. The van der Waals surface area contributed by atoms with Gasteiger partial charge < -0.3 is 5.73 Å². The molecule has 0 aliphatic heterocycles. The summed E-state index contributed by atoms with van der Waals surface area (Å²) in [4.78, 5) is 0. The predicted molar refractivity (Wildman–Crippen MR) is 47.8 cm³/mol. The molecule has 1 atom stereocenters. The summed E-state index contributed by atoms with van der Waals surface area (Å²) in [7, 11) is 0. The number of hydrogen-bond acceptors (Lipinski definition) is 1. The molecule has 0 aromatic heterocycles. The molecule has 74 valence electrons. The SMILES string of the molecule is CC1(CN)CCCCC1(F)F.Cl. The third kappa shape index (κ3) is 1.88. The lowest BCUT2D eigenvalue weighted by Gasteiger charge is -2.40. The van der Waals surface area contributed by atoms with Crippen LogP contribution >= 0.6 is 12.4 Å². The van der Waals surface area contributed by atoms with Crippen molar-refractivity contribution in [2.75, 3.05) is 6.54 Å². The Kier molecular flexibility index (Phi) is 3.91. The average Bonchev–Trinajstić information content (AvgIpc) is 1.95. The molecule has 1 unspecified atom stereocenters. The van der Waals surface area contributed by atoms with Crippen LogP contribution in [-0.4, -0.2) is 12.5 Å². The van der Waals surface area contributed by atoms with Gasteiger partial charge in [-0.2, -0.15) is 0 Å². The van der Waals surface area contributed by atoms with E-state index in [-0.39, 0.29) is 25.4 Å². The van der Waals surface area contributed by atoms with Gasteiger partial charge in [0.05, 0.1) is 0 Å². The van der Waals surface area contributed by atoms with E-state index in [4.69, 9.17) is 5.73 Å². The van der Waals surface area contributed by atoms with Crippen molar-refractivity contribution in [3.63, 3.8) is 0 Å². The number of hydrogen-bond donors (Lipinski definition) is 1. The number of halogens is 3. The Labute approximate surface area is 78.1 Å². The molecule has 0 aromatic rings. The molecular weight excluding hydrogens is 184 g/mol. The summed E-state index contributed by atoms with van der Waals surface area (Å²) in [6.45, 7) is 1.69. The molecule has 1 nitrogen and oxygen atoms in total. The van der Waals surface area contributed by atoms with Gasteiger partial charge >= 0.3 is 0 Å². The lowest BCUT2D eigenvalue weighted by molar-refractivity contribution is -0.136. The van der Waals surface area contributed by atoms with Gasteiger partial charge in [0.1, 0.15) is 0 Å². The molecule has 1 rings (SSSR count). The lowest BCUT2D eigenvalue weighted by atomic mass is 9.72. The fourth-order valence-electron chi connectivity index (χ4n) is 1.60. The summed E-state index contributed by atoms with van der Waals surface area (Å²) < 4.78 is 26.3. The van der Waals surface area contributed by atoms with Gasteiger partial charge in [0, 0.05) is 18.4 Å². The summed E-state index contributed by atoms with van der Waals surface area (Å²) in [5.41, 5.74) is 4.39. The third-order valence-corrected chi connectivity index (χ3v) is 2.80. The predicted octanol–water partition coefficient (Wildman–Crippen LogP) is 2.58. The summed E-state index contributed by atoms with van der Waals surface area (Å²) in [6.07, 6.45) is 2.11. The van der Waals surface area contributed by atoms with Crippen molar-refractivity contribution in [3.05, 3.63) is 0 Å². The monoisotopic (exact) mass is 199 g/mol. The molecule has 1 fully saturated rings. The Hall–Kier alpha value is 0.110. The molecule has 12 heavy (non-hydrogen) atoms. The van der Waals surface area contributed by atoms with Gasteiger partial charge in [-0.1, -0.05) is 13.3 Å². The van der Waals surface area contributed by atoms with E-state index in [0.717, 1.165) is 6.42 Å². The van der Waals surface area contributed by atoms with Gasteiger partial charge in [0.15, 0.2) is 0 Å². The van der Waals surface area contributed by atoms with Gasteiger partial charge in [-0.25, -0.2) is 8.78 Å². The minimum absolute atomic E-state index is 0. The zero-order valence-electron chi connectivity index (χ0n) is 7.28. The molecule has 1 aliphatic rings. The van der Waals surface area contributed by atoms with Crippen molar-refractivity contribution in [3.8, 4) is 0 Å². The Bertz CT molecular complexity index is 152. The minimum Gasteiger partial charge on any atom is -0.330 e. The van der Waals surface area contributed by atoms with Crippen LogP contribution in [0.4, 0.5) is 8.78 Å². The highest BCUT2D eigenvalue weighted by molar-refractivity contribution is 5.85. The number of nitrogens with two attached hydrogens (primary N) is 1. The second-order valence-electron chi connectivity index (χ2n) is 3.68. The van der Waals surface area contributed by atoms with Crippen molar-refractivity contribution in [1.82, 2.24) is 0 Å². The Morgan fingerprint density at radius 2 is 1.75 bits per heavy atom. The van der Waals surface area contributed by atoms with Gasteiger partial charge in [0.25, 0.3) is 5.92 Å². The van der Waals surface area contributed by atoms with Crippen LogP contribution < -0.4 is 5.73 Å². The van der Waals surface area contributed by atoms with E-state index in [1.165, 1.54) is 0 Å². The standard InChI is InChI=1S/C8H15F2N.ClH/c1-7(6-11)4-2-3-5-8(7,9)10;/h2-6,11H2,1H3;1H. The fourth-order valence-corrected chi connectivity index (χ4v) is 1.60. The molecule has 0 saturated heterocycles. The molecule has 4 heteroatoms. The minimum atomic E-state index is -2.54. The summed E-state index contributed by atoms with van der Waals surface area (Å²) in [5.74, 6) is -2.54. The Morgan fingerprint density at radius 1 is 1.25 bits per heavy atom. The van der Waals surface area contributed by atoms with Crippen molar-refractivity contribution in [1.29, 1.82) is 0 Å². The molecule has 1 aliphatic carbocycles. The first-order valence-corrected chi connectivity index (χ1v) is 4.10. The maximum absolute atomic E-state index is 13.2. The van der Waals surface area contributed by atoms with E-state index in [2.05, 4.69) is 0 Å². The number of rotatable bonds is 1. The second kappa shape index (κ2) is 3.88. The molecule has 1 saturated carbocycles. The lowest BCUT2D eigenvalue weighted by Crippen LogP contribution is -2.46. The zero-order chi connectivity index (χ0) is 8.54. The first-order chi connectivity index (χ1) is 5.02. The molecule has 0 aromatic carbocycles. The molecule has 0 radical (unpaired) electrons. The quantitative estimate of drug-likeness (QED) is 0.690. The van der Waals surface area contributed by atoms with Crippen LogP contribution in [0, 0.1) is 5.41 Å². The number of alkyl halides is 2. The summed E-state index contributed by atoms with van der Waals surface area (Å²) in [5, 5.41) is 0. The van der Waals surface area contributed by atoms with Gasteiger partial charge in [-0.15, -0.1) is 12.4 Å².